The van der Waals surface area contributed by atoms with Gasteiger partial charge in [0.1, 0.15) is 13.1 Å². The van der Waals surface area contributed by atoms with Crippen LogP contribution in [0, 0.1) is 0 Å². The molecule has 108 valence electrons. The molecule has 0 bridgehead atoms. The first-order chi connectivity index (χ1) is 10.9. The zero-order valence-electron chi connectivity index (χ0n) is 12.0. The zero-order chi connectivity index (χ0) is 15.6. The highest BCUT2D eigenvalue weighted by molar-refractivity contribution is 5.78. The van der Waals surface area contributed by atoms with Crippen LogP contribution < -0.4 is 0 Å². The lowest BCUT2D eigenvalue weighted by Gasteiger charge is -1.91. The highest BCUT2D eigenvalue weighted by Crippen LogP contribution is 2.08. The Labute approximate surface area is 128 Å². The van der Waals surface area contributed by atoms with Crippen LogP contribution in [0.4, 0.5) is 0 Å². The van der Waals surface area contributed by atoms with Crippen LogP contribution in [0.25, 0.3) is 21.8 Å². The Balaban J connectivity index is 0.000000144. The fourth-order valence-corrected chi connectivity index (χ4v) is 1.94. The van der Waals surface area contributed by atoms with Crippen LogP contribution in [-0.4, -0.2) is 21.7 Å². The number of benzene rings is 2. The van der Waals surface area contributed by atoms with Crippen molar-refractivity contribution in [3.63, 3.8) is 0 Å². The number of nitrogens with zero attached hydrogens (tertiary/aromatic N) is 3. The minimum absolute atomic E-state index is 0.998. The number of pyridine rings is 1. The fourth-order valence-electron chi connectivity index (χ4n) is 1.94. The van der Waals surface area contributed by atoms with Crippen LogP contribution in [-0.2, 0) is 4.79 Å². The van der Waals surface area contributed by atoms with E-state index in [-0.39, 0.29) is 0 Å². The van der Waals surface area contributed by atoms with Gasteiger partial charge >= 0.3 is 0 Å². The molecule has 0 saturated heterocycles. The van der Waals surface area contributed by atoms with Gasteiger partial charge < -0.3 is 4.79 Å². The summed E-state index contributed by atoms with van der Waals surface area (Å²) in [5.74, 6) is 0. The summed E-state index contributed by atoms with van der Waals surface area (Å²) in [6, 6.07) is 20.0. The Morgan fingerprint density at radius 1 is 0.682 bits per heavy atom. The maximum atomic E-state index is 8.00. The third-order valence-electron chi connectivity index (χ3n) is 2.93. The SMILES string of the molecule is C=O.c1ccc2ncccc2c1.c1ccc2ncncc2c1. The van der Waals surface area contributed by atoms with Gasteiger partial charge in [-0.3, -0.25) is 4.98 Å². The maximum absolute atomic E-state index is 8.00. The Kier molecular flexibility index (Phi) is 5.70. The van der Waals surface area contributed by atoms with Crippen molar-refractivity contribution >= 4 is 28.6 Å². The van der Waals surface area contributed by atoms with E-state index in [2.05, 4.69) is 27.1 Å². The molecule has 0 spiro atoms. The van der Waals surface area contributed by atoms with Crippen molar-refractivity contribution in [2.45, 2.75) is 0 Å². The lowest BCUT2D eigenvalue weighted by molar-refractivity contribution is -0.0979. The number of hydrogen-bond acceptors (Lipinski definition) is 4. The maximum Gasteiger partial charge on any atom is 0.116 e. The van der Waals surface area contributed by atoms with Gasteiger partial charge in [0, 0.05) is 23.2 Å². The number of rotatable bonds is 0. The zero-order valence-corrected chi connectivity index (χ0v) is 12.0. The van der Waals surface area contributed by atoms with Gasteiger partial charge in [0.2, 0.25) is 0 Å². The van der Waals surface area contributed by atoms with Crippen molar-refractivity contribution in [3.05, 3.63) is 79.4 Å². The largest absolute Gasteiger partial charge is 0.307 e. The lowest BCUT2D eigenvalue weighted by atomic mass is 10.2. The molecule has 0 atom stereocenters. The third kappa shape index (κ3) is 3.93. The first-order valence-electron chi connectivity index (χ1n) is 6.67. The van der Waals surface area contributed by atoms with Gasteiger partial charge in [-0.2, -0.15) is 0 Å². The number of carbonyl (C=O) groups is 1. The summed E-state index contributed by atoms with van der Waals surface area (Å²) in [4.78, 5) is 20.2. The van der Waals surface area contributed by atoms with E-state index in [1.165, 1.54) is 5.39 Å². The van der Waals surface area contributed by atoms with Crippen LogP contribution in [0.15, 0.2) is 79.4 Å². The molecule has 4 rings (SSSR count). The number of carbonyl (C=O) groups excluding carboxylic acids is 1. The van der Waals surface area contributed by atoms with Crippen molar-refractivity contribution in [2.24, 2.45) is 0 Å². The Morgan fingerprint density at radius 2 is 1.27 bits per heavy atom. The van der Waals surface area contributed by atoms with Gasteiger partial charge in [0.15, 0.2) is 0 Å². The average molecular weight is 289 g/mol. The highest BCUT2D eigenvalue weighted by Gasteiger charge is 1.88. The first kappa shape index (κ1) is 15.3. The van der Waals surface area contributed by atoms with Crippen LogP contribution >= 0.6 is 0 Å². The second kappa shape index (κ2) is 8.21. The van der Waals surface area contributed by atoms with E-state index >= 15 is 0 Å². The van der Waals surface area contributed by atoms with E-state index in [1.54, 1.807) is 6.33 Å². The molecular formula is C18H15N3O. The molecule has 2 aromatic carbocycles. The predicted molar refractivity (Wildman–Crippen MR) is 88.4 cm³/mol. The van der Waals surface area contributed by atoms with Gasteiger partial charge in [0.05, 0.1) is 11.0 Å². The molecule has 22 heavy (non-hydrogen) atoms. The summed E-state index contributed by atoms with van der Waals surface area (Å²) >= 11 is 0. The van der Waals surface area contributed by atoms with E-state index in [0.717, 1.165) is 16.4 Å². The van der Waals surface area contributed by atoms with E-state index in [1.807, 2.05) is 67.7 Å². The van der Waals surface area contributed by atoms with Gasteiger partial charge in [-0.05, 0) is 18.2 Å². The lowest BCUT2D eigenvalue weighted by Crippen LogP contribution is -1.77. The molecular weight excluding hydrogens is 274 g/mol. The molecule has 0 amide bonds. The number of para-hydroxylation sites is 2. The molecule has 0 aliphatic carbocycles. The second-order valence-electron chi connectivity index (χ2n) is 4.28. The van der Waals surface area contributed by atoms with Crippen molar-refractivity contribution in [1.29, 1.82) is 0 Å². The molecule has 0 radical (unpaired) electrons. The summed E-state index contributed by atoms with van der Waals surface area (Å²) in [5.41, 5.74) is 2.06. The van der Waals surface area contributed by atoms with Crippen LogP contribution in [0.3, 0.4) is 0 Å². The van der Waals surface area contributed by atoms with E-state index in [4.69, 9.17) is 4.79 Å². The van der Waals surface area contributed by atoms with Gasteiger partial charge in [-0.1, -0.05) is 42.5 Å². The minimum Gasteiger partial charge on any atom is -0.307 e. The van der Waals surface area contributed by atoms with E-state index in [9.17, 15) is 0 Å². The van der Waals surface area contributed by atoms with Crippen LogP contribution in [0.5, 0.6) is 0 Å². The third-order valence-corrected chi connectivity index (χ3v) is 2.93. The Hall–Kier alpha value is -3.14. The Morgan fingerprint density at radius 3 is 1.95 bits per heavy atom. The predicted octanol–water partition coefficient (Wildman–Crippen LogP) is 3.68. The van der Waals surface area contributed by atoms with Crippen molar-refractivity contribution in [3.8, 4) is 0 Å². The van der Waals surface area contributed by atoms with Gasteiger partial charge in [-0.25, -0.2) is 9.97 Å². The molecule has 2 heterocycles. The molecule has 0 N–H and O–H groups in total. The molecule has 4 aromatic rings. The quantitative estimate of drug-likeness (QED) is 0.495. The molecule has 4 nitrogen and oxygen atoms in total. The molecule has 0 fully saturated rings. The highest BCUT2D eigenvalue weighted by atomic mass is 16.1. The van der Waals surface area contributed by atoms with E-state index < -0.39 is 0 Å². The van der Waals surface area contributed by atoms with Crippen LogP contribution in [0.1, 0.15) is 0 Å². The van der Waals surface area contributed by atoms with Crippen molar-refractivity contribution in [1.82, 2.24) is 15.0 Å². The molecule has 0 unspecified atom stereocenters. The summed E-state index contributed by atoms with van der Waals surface area (Å²) in [5, 5.41) is 2.29. The first-order valence-corrected chi connectivity index (χ1v) is 6.67. The Bertz CT molecular complexity index is 647. The molecule has 2 aromatic heterocycles. The standard InChI is InChI=1S/C9H7N.C8H6N2.CH2O/c1-2-6-9-8(4-1)5-3-7-10-9;1-2-4-8-7(3-1)5-9-6-10-8;1-2/h1-7H;1-6H;1H2. The molecule has 0 saturated carbocycles. The van der Waals surface area contributed by atoms with Crippen molar-refractivity contribution in [2.75, 3.05) is 0 Å². The molecule has 0 aliphatic rings. The topological polar surface area (TPSA) is 55.7 Å². The monoisotopic (exact) mass is 289 g/mol. The van der Waals surface area contributed by atoms with Gasteiger partial charge in [-0.15, -0.1) is 0 Å². The normalized spacial score (nSPS) is 9.27. The van der Waals surface area contributed by atoms with Crippen LogP contribution in [0.2, 0.25) is 0 Å². The molecule has 0 aliphatic heterocycles. The number of fused-ring (bicyclic) bond motifs is 2. The van der Waals surface area contributed by atoms with Gasteiger partial charge in [0.25, 0.3) is 0 Å². The smallest absolute Gasteiger partial charge is 0.116 e. The number of aromatic nitrogens is 3. The minimum atomic E-state index is 0.998. The number of hydrogen-bond donors (Lipinski definition) is 0. The summed E-state index contributed by atoms with van der Waals surface area (Å²) in [7, 11) is 0. The second-order valence-corrected chi connectivity index (χ2v) is 4.28. The fraction of sp³-hybridized carbons (Fsp3) is 0. The summed E-state index contributed by atoms with van der Waals surface area (Å²) in [6.45, 7) is 2.00. The summed E-state index contributed by atoms with van der Waals surface area (Å²) < 4.78 is 0. The van der Waals surface area contributed by atoms with Crippen molar-refractivity contribution < 1.29 is 4.79 Å². The summed E-state index contributed by atoms with van der Waals surface area (Å²) in [6.07, 6.45) is 5.17. The average Bonchev–Trinajstić information content (AvgIpc) is 2.64. The molecule has 4 heteroatoms. The van der Waals surface area contributed by atoms with E-state index in [0.29, 0.717) is 0 Å².